The van der Waals surface area contributed by atoms with Gasteiger partial charge >= 0.3 is 18.2 Å². The number of esters is 1. The summed E-state index contributed by atoms with van der Waals surface area (Å²) in [5.41, 5.74) is 9.65. The molecule has 0 aliphatic carbocycles. The summed E-state index contributed by atoms with van der Waals surface area (Å²) in [5, 5.41) is 21.1. The first-order valence-corrected chi connectivity index (χ1v) is 53.1. The van der Waals surface area contributed by atoms with Gasteiger partial charge in [0.15, 0.2) is 0 Å². The van der Waals surface area contributed by atoms with Gasteiger partial charge in [0.2, 0.25) is 0 Å². The van der Waals surface area contributed by atoms with E-state index in [4.69, 9.17) is 81.7 Å². The number of ether oxygens (including phenoxy) is 5. The summed E-state index contributed by atoms with van der Waals surface area (Å²) < 4.78 is 166. The molecule has 0 atom stereocenters. The van der Waals surface area contributed by atoms with Gasteiger partial charge in [-0.1, -0.05) is 104 Å². The van der Waals surface area contributed by atoms with Crippen LogP contribution in [0.3, 0.4) is 0 Å². The highest BCUT2D eigenvalue weighted by molar-refractivity contribution is 9.09. The molecule has 7 heterocycles. The van der Waals surface area contributed by atoms with Crippen LogP contribution in [0.5, 0.6) is 0 Å². The third kappa shape index (κ3) is 29.9. The number of alkyl halides is 1. The number of hydrogen-bond acceptors (Lipinski definition) is 24. The van der Waals surface area contributed by atoms with Gasteiger partial charge in [0.05, 0.1) is 99.2 Å². The maximum Gasteiger partial charge on any atom is 0.409 e. The lowest BCUT2D eigenvalue weighted by molar-refractivity contribution is -0.140. The van der Waals surface area contributed by atoms with Crippen molar-refractivity contribution in [2.75, 3.05) is 121 Å². The Kier molecular flexibility index (Phi) is 39.9. The molecule has 2 aliphatic heterocycles. The normalized spacial score (nSPS) is 13.1. The molecular formula is C81H94BrCl5N8O18S10. The third-order valence-electron chi connectivity index (χ3n) is 18.8. The number of carbonyl (C=O) groups is 3. The number of aryl methyl sites for hydroxylation is 1. The standard InChI is InChI=1S/C18H21ClN2O5S2.C18H23ClN2O4S2.C17H21ClN2O3S2.C15H16ClNO4S2.C13H13BrClNO2S2/c1-13-15(19)3-2-4-17(13)28(23,24)20-16-12-27-11-14(16)5-8-26-18(22)21-6-9-25-10-7-21;1-4-21(5-2)18(22)25-10-9-14-11-26-12-16(14)20-27(23,24)17-8-6-7-15(19)13(17)3;1-13-15(18)3-2-4-17(13)25(21,22)19-16-12-24-11-14(16)5-6-20-7-9-23-10-8-20;1-10-13(16)4-3-5-15(10)23(19,20)17-14-9-22-8-12(14)6-7-21-11(2)18;1-9-11(15)3-2-4-13(9)20(17,18)16-12-8-19-7-10(12)5-6-14/h2-4,11-12,20H,5-10H2,1H3;6-8,11-12,20H,4-5,9-10H2,1-3H3;2-4,11-12,19H,5-10H2,1H3;3-5,8-9,17H,6-7H2,1-2H3;2-4,7-8,16H,5-6H2,1H3. The molecule has 123 heavy (non-hydrogen) atoms. The lowest BCUT2D eigenvalue weighted by atomic mass is 10.2. The quantitative estimate of drug-likeness (QED) is 0.0153. The fraction of sp³-hybridized carbons (Fsp3) is 0.346. The summed E-state index contributed by atoms with van der Waals surface area (Å²) in [6.07, 6.45) is 2.10. The Morgan fingerprint density at radius 2 is 0.667 bits per heavy atom. The maximum absolute atomic E-state index is 12.7. The number of thiophene rings is 5. The molecule has 5 aromatic carbocycles. The first kappa shape index (κ1) is 102. The van der Waals surface area contributed by atoms with Crippen molar-refractivity contribution in [1.29, 1.82) is 0 Å². The Morgan fingerprint density at radius 1 is 0.398 bits per heavy atom. The first-order chi connectivity index (χ1) is 58.4. The number of carbonyl (C=O) groups excluding carboxylic acids is 3. The second kappa shape index (κ2) is 48.4. The van der Waals surface area contributed by atoms with Gasteiger partial charge in [0.25, 0.3) is 50.1 Å². The molecule has 2 aliphatic rings. The van der Waals surface area contributed by atoms with Crippen molar-refractivity contribution in [3.8, 4) is 0 Å². The molecule has 2 saturated heterocycles. The van der Waals surface area contributed by atoms with Crippen LogP contribution in [0.25, 0.3) is 0 Å². The first-order valence-electron chi connectivity index (χ1n) is 38.0. The van der Waals surface area contributed by atoms with Crippen molar-refractivity contribution < 1.29 is 80.2 Å². The average Bonchev–Trinajstić information content (AvgIpc) is 1.81. The fourth-order valence-corrected chi connectivity index (χ4v) is 24.7. The monoisotopic (exact) mass is 2040 g/mol. The zero-order chi connectivity index (χ0) is 89.8. The largest absolute Gasteiger partial charge is 0.466 e. The molecule has 0 unspecified atom stereocenters. The van der Waals surface area contributed by atoms with Crippen LogP contribution in [-0.2, 0) is 111 Å². The highest BCUT2D eigenvalue weighted by Gasteiger charge is 2.28. The van der Waals surface area contributed by atoms with Crippen LogP contribution < -0.4 is 23.6 Å². The number of hydrogen-bond donors (Lipinski definition) is 5. The second-order valence-corrected chi connectivity index (χ2v) is 41.9. The number of anilines is 5. The van der Waals surface area contributed by atoms with Crippen LogP contribution in [-0.4, -0.2) is 172 Å². The molecule has 42 heteroatoms. The molecular weight excluding hydrogens is 1950 g/mol. The minimum absolute atomic E-state index is 0.135. The summed E-state index contributed by atoms with van der Waals surface area (Å²) in [4.78, 5) is 41.1. The van der Waals surface area contributed by atoms with E-state index in [2.05, 4.69) is 44.4 Å². The van der Waals surface area contributed by atoms with Gasteiger partial charge < -0.3 is 33.5 Å². The molecule has 12 rings (SSSR count). The summed E-state index contributed by atoms with van der Waals surface area (Å²) in [5.74, 6) is -0.364. The molecule has 26 nitrogen and oxygen atoms in total. The Labute approximate surface area is 773 Å². The SMILES string of the molecule is CC(=O)OCCc1cscc1NS(=O)(=O)c1cccc(Cl)c1C.CCN(CC)C(=O)OCCc1cscc1NS(=O)(=O)c1cccc(Cl)c1C.Cc1c(Cl)cccc1S(=O)(=O)Nc1cscc1CCBr.Cc1c(Cl)cccc1S(=O)(=O)Nc1cscc1CCN1CCOCC1.Cc1c(Cl)cccc1S(=O)(=O)Nc1cscc1CCOC(=O)N1CCOCC1. The van der Waals surface area contributed by atoms with Crippen molar-refractivity contribution in [1.82, 2.24) is 14.7 Å². The summed E-state index contributed by atoms with van der Waals surface area (Å²) in [7, 11) is -18.6. The van der Waals surface area contributed by atoms with E-state index in [1.807, 2.05) is 46.1 Å². The number of nitrogens with zero attached hydrogens (tertiary/aromatic N) is 3. The average molecular weight is 2050 g/mol. The van der Waals surface area contributed by atoms with Crippen LogP contribution in [0.4, 0.5) is 38.0 Å². The van der Waals surface area contributed by atoms with Crippen molar-refractivity contribution in [2.45, 2.75) is 112 Å². The van der Waals surface area contributed by atoms with Crippen LogP contribution in [0.1, 0.15) is 76.4 Å². The molecule has 0 spiro atoms. The molecule has 668 valence electrons. The zero-order valence-corrected chi connectivity index (χ0v) is 81.6. The number of amides is 2. The zero-order valence-electron chi connectivity index (χ0n) is 68.1. The van der Waals surface area contributed by atoms with E-state index in [1.165, 1.54) is 81.8 Å². The van der Waals surface area contributed by atoms with E-state index < -0.39 is 50.1 Å². The summed E-state index contributed by atoms with van der Waals surface area (Å²) in [6, 6.07) is 24.1. The summed E-state index contributed by atoms with van der Waals surface area (Å²) >= 11 is 40.6. The minimum Gasteiger partial charge on any atom is -0.466 e. The predicted molar refractivity (Wildman–Crippen MR) is 501 cm³/mol. The summed E-state index contributed by atoms with van der Waals surface area (Å²) in [6.45, 7) is 21.5. The van der Waals surface area contributed by atoms with Gasteiger partial charge in [0, 0.05) is 129 Å². The van der Waals surface area contributed by atoms with Gasteiger partial charge in [-0.15, -0.1) is 56.7 Å². The van der Waals surface area contributed by atoms with E-state index in [1.54, 1.807) is 139 Å². The molecule has 10 aromatic rings. The molecule has 0 radical (unpaired) electrons. The fourth-order valence-electron chi connectivity index (χ4n) is 11.8. The van der Waals surface area contributed by atoms with E-state index in [0.29, 0.717) is 140 Å². The van der Waals surface area contributed by atoms with Crippen molar-refractivity contribution in [3.63, 3.8) is 0 Å². The predicted octanol–water partition coefficient (Wildman–Crippen LogP) is 19.5. The Balaban J connectivity index is 0.000000192. The van der Waals surface area contributed by atoms with Crippen molar-refractivity contribution in [2.24, 2.45) is 0 Å². The van der Waals surface area contributed by atoms with Crippen LogP contribution in [0, 0.1) is 34.6 Å². The van der Waals surface area contributed by atoms with E-state index >= 15 is 0 Å². The molecule has 0 saturated carbocycles. The number of halogens is 6. The highest BCUT2D eigenvalue weighted by atomic mass is 79.9. The minimum atomic E-state index is -3.78. The molecule has 5 N–H and O–H groups in total. The Hall–Kier alpha value is -6.83. The molecule has 5 aromatic heterocycles. The van der Waals surface area contributed by atoms with Gasteiger partial charge in [0.1, 0.15) is 0 Å². The number of benzene rings is 5. The van der Waals surface area contributed by atoms with Crippen molar-refractivity contribution in [3.05, 3.63) is 226 Å². The van der Waals surface area contributed by atoms with Gasteiger partial charge in [-0.25, -0.2) is 51.7 Å². The van der Waals surface area contributed by atoms with Crippen molar-refractivity contribution >= 4 is 227 Å². The van der Waals surface area contributed by atoms with Crippen LogP contribution >= 0.6 is 131 Å². The number of sulfonamides is 5. The number of morpholine rings is 2. The smallest absolute Gasteiger partial charge is 0.409 e. The molecule has 2 fully saturated rings. The van der Waals surface area contributed by atoms with Gasteiger partial charge in [-0.3, -0.25) is 33.3 Å². The van der Waals surface area contributed by atoms with Gasteiger partial charge in [-0.2, -0.15) is 0 Å². The number of nitrogens with one attached hydrogen (secondary N) is 5. The van der Waals surface area contributed by atoms with E-state index in [-0.39, 0.29) is 62.5 Å². The van der Waals surface area contributed by atoms with Crippen LogP contribution in [0.15, 0.2) is 169 Å². The molecule has 0 bridgehead atoms. The lowest BCUT2D eigenvalue weighted by Gasteiger charge is -2.26. The topological polar surface area (TPSA) is 338 Å². The maximum atomic E-state index is 12.7. The third-order valence-corrected chi connectivity index (χ3v) is 32.8. The Bertz CT molecular complexity index is 5820. The second-order valence-electron chi connectivity index (χ2n) is 27.1. The molecule has 2 amide bonds. The van der Waals surface area contributed by atoms with E-state index in [9.17, 15) is 56.5 Å². The van der Waals surface area contributed by atoms with Crippen LogP contribution in [0.2, 0.25) is 25.1 Å². The highest BCUT2D eigenvalue weighted by Crippen LogP contribution is 2.35. The van der Waals surface area contributed by atoms with E-state index in [0.717, 1.165) is 78.8 Å². The number of rotatable bonds is 31. The Morgan fingerprint density at radius 3 is 0.951 bits per heavy atom. The lowest BCUT2D eigenvalue weighted by Crippen LogP contribution is -2.41. The van der Waals surface area contributed by atoms with Gasteiger partial charge in [-0.05, 0) is 205 Å².